The van der Waals surface area contributed by atoms with Gasteiger partial charge in [0.25, 0.3) is 5.91 Å². The predicted octanol–water partition coefficient (Wildman–Crippen LogP) is -4.33. The van der Waals surface area contributed by atoms with Crippen LogP contribution < -0.4 is 46.9 Å². The van der Waals surface area contributed by atoms with E-state index in [4.69, 9.17) is 9.72 Å². The lowest BCUT2D eigenvalue weighted by molar-refractivity contribution is -0.147. The average Bonchev–Trinajstić information content (AvgIpc) is 1.68. The second-order valence-electron chi connectivity index (χ2n) is 27.5. The summed E-state index contributed by atoms with van der Waals surface area (Å²) in [6, 6.07) is 1.65. The highest BCUT2D eigenvalue weighted by molar-refractivity contribution is 7.17. The highest BCUT2D eigenvalue weighted by atomic mass is 32.1. The fourth-order valence-corrected chi connectivity index (χ4v) is 14.7. The van der Waals surface area contributed by atoms with Crippen molar-refractivity contribution in [1.29, 1.82) is 0 Å². The Balaban J connectivity index is 0.957. The number of piperazine rings is 1. The molecule has 18 N–H and O–H groups in total. The number of aromatic hydroxyl groups is 1. The van der Waals surface area contributed by atoms with Crippen molar-refractivity contribution in [3.8, 4) is 32.6 Å². The third kappa shape index (κ3) is 20.4. The van der Waals surface area contributed by atoms with Crippen LogP contribution in [0.5, 0.6) is 11.5 Å². The standard InChI is InChI=1S/C69H100N14O19S/c1-4-39-5-13-46(14-6-39)80-20-22-81(23-21-80)55-16-12-43(29-72-55)67-79-78-66(103-67)42-10-8-41(9-11-42)61(95)74-49-27-47(89)30-73-65(99)59-60(94)37(2)31-83(59)69(101)58(52(92)17-18-70-44(33-84)34-85)77-64(98)57(53(93)25-40-7-15-51(91)54(26-40)102-24-19-71-45(35-86)36-87)76-63(97)50-28-48(90)32-82(50)68(100)56(38(3)88)75-62(49)96/h7-12,15-16,26,29,37-39,44-50,52-53,56-60,70-71,84-94H,4-6,13-14,17-25,27-28,30-36H2,1-3H3,(H,73,99)(H,74,95)(H,75,96)(H,76,97)(H,77,98)/t37-,38+,39?,46?,47+,48+,49-,50-,52+,53+,56-,57-,58-,59-,60-/m0/s1. The number of fused-ring (bicyclic) bond motifs is 2. The molecule has 33 nitrogen and oxygen atoms in total. The second-order valence-corrected chi connectivity index (χ2v) is 28.4. The molecule has 103 heavy (non-hydrogen) atoms. The number of benzene rings is 2. The third-order valence-corrected chi connectivity index (χ3v) is 21.1. The number of hydrogen-bond acceptors (Lipinski definition) is 27. The van der Waals surface area contributed by atoms with E-state index in [0.717, 1.165) is 60.2 Å². The number of carbonyl (C=O) groups excluding carboxylic acids is 7. The summed E-state index contributed by atoms with van der Waals surface area (Å²) >= 11 is 1.30. The molecule has 0 unspecified atom stereocenters. The predicted molar refractivity (Wildman–Crippen MR) is 373 cm³/mol. The number of aromatic nitrogens is 3. The Bertz CT molecular complexity index is 3470. The van der Waals surface area contributed by atoms with E-state index in [0.29, 0.717) is 21.6 Å². The van der Waals surface area contributed by atoms with Crippen molar-refractivity contribution in [3.05, 3.63) is 71.9 Å². The molecule has 0 radical (unpaired) electrons. The van der Waals surface area contributed by atoms with Crippen molar-refractivity contribution in [2.24, 2.45) is 11.8 Å². The lowest BCUT2D eigenvalue weighted by Gasteiger charge is -2.42. The first-order chi connectivity index (χ1) is 49.4. The number of ether oxygens (including phenoxy) is 1. The lowest BCUT2D eigenvalue weighted by atomic mass is 9.84. The third-order valence-electron chi connectivity index (χ3n) is 20.1. The molecule has 4 aliphatic heterocycles. The van der Waals surface area contributed by atoms with Crippen LogP contribution in [-0.4, -0.2) is 310 Å². The van der Waals surface area contributed by atoms with Gasteiger partial charge in [-0.25, -0.2) is 4.98 Å². The molecule has 6 heterocycles. The van der Waals surface area contributed by atoms with E-state index in [1.54, 1.807) is 18.3 Å². The van der Waals surface area contributed by atoms with Gasteiger partial charge in [0, 0.05) is 106 Å². The first-order valence-electron chi connectivity index (χ1n) is 35.4. The number of nitrogens with one attached hydrogen (secondary N) is 7. The van der Waals surface area contributed by atoms with Gasteiger partial charge in [0.05, 0.1) is 75.1 Å². The van der Waals surface area contributed by atoms with E-state index < -0.39 is 184 Å². The van der Waals surface area contributed by atoms with E-state index in [-0.39, 0.29) is 62.1 Å². The molecule has 566 valence electrons. The van der Waals surface area contributed by atoms with E-state index in [1.807, 2.05) is 12.1 Å². The number of aliphatic hydroxyl groups excluding tert-OH is 10. The maximum Gasteiger partial charge on any atom is 0.251 e. The normalized spacial score (nSPS) is 26.9. The highest BCUT2D eigenvalue weighted by Crippen LogP contribution is 2.34. The Hall–Kier alpha value is -7.68. The zero-order chi connectivity index (χ0) is 74.2. The number of β-amino-alcohol motifs (C(OH)–C–C–N with tert-alkyl or cyclic N) is 1. The molecule has 13 atom stereocenters. The minimum absolute atomic E-state index is 0.0164. The van der Waals surface area contributed by atoms with Crippen LogP contribution in [0.1, 0.15) is 88.1 Å². The summed E-state index contributed by atoms with van der Waals surface area (Å²) < 4.78 is 5.73. The molecule has 5 aliphatic rings. The molecule has 5 fully saturated rings. The van der Waals surface area contributed by atoms with Gasteiger partial charge in [-0.15, -0.1) is 10.2 Å². The quantitative estimate of drug-likeness (QED) is 0.0279. The Morgan fingerprint density at radius 1 is 0.699 bits per heavy atom. The summed E-state index contributed by atoms with van der Waals surface area (Å²) in [7, 11) is 0. The largest absolute Gasteiger partial charge is 0.504 e. The van der Waals surface area contributed by atoms with E-state index in [1.165, 1.54) is 80.7 Å². The van der Waals surface area contributed by atoms with Crippen LogP contribution in [0.3, 0.4) is 0 Å². The average molecular weight is 1460 g/mol. The molecule has 4 aromatic rings. The van der Waals surface area contributed by atoms with Gasteiger partial charge >= 0.3 is 0 Å². The zero-order valence-corrected chi connectivity index (χ0v) is 58.9. The van der Waals surface area contributed by atoms with Crippen LogP contribution in [-0.2, 0) is 35.2 Å². The van der Waals surface area contributed by atoms with Crippen LogP contribution in [0.25, 0.3) is 21.1 Å². The topological polar surface area (TPSA) is 487 Å². The maximum absolute atomic E-state index is 15.1. The fraction of sp³-hybridized carbons (Fsp3) is 0.623. The molecule has 34 heteroatoms. The Labute approximate surface area is 600 Å². The number of carbonyl (C=O) groups is 7. The second kappa shape index (κ2) is 37.3. The van der Waals surface area contributed by atoms with Crippen molar-refractivity contribution in [2.75, 3.05) is 96.8 Å². The van der Waals surface area contributed by atoms with Gasteiger partial charge in [0.1, 0.15) is 58.7 Å². The van der Waals surface area contributed by atoms with Gasteiger partial charge in [-0.05, 0) is 93.5 Å². The number of pyridine rings is 1. The Morgan fingerprint density at radius 2 is 1.33 bits per heavy atom. The molecular formula is C69H100N14O19S. The van der Waals surface area contributed by atoms with Gasteiger partial charge < -0.3 is 113 Å². The van der Waals surface area contributed by atoms with Crippen LogP contribution in [0.2, 0.25) is 0 Å². The molecule has 9 rings (SSSR count). The maximum atomic E-state index is 15.1. The number of phenolic OH excluding ortho intramolecular Hbond substituents is 1. The number of hydrogen-bond donors (Lipinski definition) is 18. The van der Waals surface area contributed by atoms with Gasteiger partial charge in [-0.1, -0.05) is 49.8 Å². The molecule has 1 aliphatic carbocycles. The molecule has 2 aromatic carbocycles. The van der Waals surface area contributed by atoms with Gasteiger partial charge in [0.15, 0.2) is 11.5 Å². The first kappa shape index (κ1) is 79.4. The van der Waals surface area contributed by atoms with E-state index in [2.05, 4.69) is 64.1 Å². The fourth-order valence-electron chi connectivity index (χ4n) is 13.9. The van der Waals surface area contributed by atoms with Crippen molar-refractivity contribution in [1.82, 2.24) is 67.1 Å². The highest BCUT2D eigenvalue weighted by Gasteiger charge is 2.50. The van der Waals surface area contributed by atoms with Gasteiger partial charge in [-0.2, -0.15) is 0 Å². The van der Waals surface area contributed by atoms with Crippen LogP contribution in [0.4, 0.5) is 5.82 Å². The summed E-state index contributed by atoms with van der Waals surface area (Å²) in [6.45, 7) is 4.99. The molecular weight excluding hydrogens is 1360 g/mol. The summed E-state index contributed by atoms with van der Waals surface area (Å²) in [5.74, 6) is -7.48. The smallest absolute Gasteiger partial charge is 0.251 e. The van der Waals surface area contributed by atoms with Crippen LogP contribution >= 0.6 is 11.3 Å². The minimum atomic E-state index is -2.14. The summed E-state index contributed by atoms with van der Waals surface area (Å²) in [4.78, 5) is 114. The van der Waals surface area contributed by atoms with Crippen molar-refractivity contribution >= 4 is 58.5 Å². The molecule has 0 bridgehead atoms. The number of amides is 7. The van der Waals surface area contributed by atoms with Crippen LogP contribution in [0.15, 0.2) is 60.8 Å². The monoisotopic (exact) mass is 1460 g/mol. The Kier molecular flexibility index (Phi) is 28.8. The number of phenols is 1. The summed E-state index contributed by atoms with van der Waals surface area (Å²) in [5, 5.41) is 147. The molecule has 2 aromatic heterocycles. The molecule has 0 spiro atoms. The van der Waals surface area contributed by atoms with E-state index in [9.17, 15) is 80.1 Å². The molecule has 4 saturated heterocycles. The first-order valence-corrected chi connectivity index (χ1v) is 36.2. The SMILES string of the molecule is CCC1CCC(N2CCN(c3ccc(-c4nnc(-c5ccc(C(=O)N[C@H]6C[C@@H](O)CNC(=O)[C@@H]7[C@@H](O)[C@@H](C)CN7C(=O)[C@H]([C@H](O)CCNC(CO)CO)NC(=O)[C@H]([C@H](O)Cc7ccc(O)c(OCCNC(CO)CO)c7)NC(=O)[C@@H]7C[C@@H](O)CN7C(=O)[C@H]([C@@H](C)O)NC6=O)cc5)s4)cn3)CC2)CC1. The Morgan fingerprint density at radius 3 is 1.97 bits per heavy atom. The lowest BCUT2D eigenvalue weighted by Crippen LogP contribution is -2.64. The van der Waals surface area contributed by atoms with E-state index >= 15 is 9.59 Å². The minimum Gasteiger partial charge on any atom is -0.504 e. The summed E-state index contributed by atoms with van der Waals surface area (Å²) in [5.41, 5.74) is 1.55. The summed E-state index contributed by atoms with van der Waals surface area (Å²) in [6.07, 6.45) is -4.42. The van der Waals surface area contributed by atoms with Crippen LogP contribution in [0, 0.1) is 11.8 Å². The van der Waals surface area contributed by atoms with Crippen molar-refractivity contribution in [2.45, 2.75) is 170 Å². The van der Waals surface area contributed by atoms with Gasteiger partial charge in [-0.3, -0.25) is 38.5 Å². The number of rotatable bonds is 25. The van der Waals surface area contributed by atoms with Gasteiger partial charge in [0.2, 0.25) is 35.4 Å². The number of nitrogens with zero attached hydrogens (tertiary/aromatic N) is 7. The molecule has 7 amide bonds. The number of aliphatic hydroxyl groups is 10. The van der Waals surface area contributed by atoms with Crippen molar-refractivity contribution < 1.29 is 94.5 Å². The number of anilines is 1. The van der Waals surface area contributed by atoms with Crippen molar-refractivity contribution in [3.63, 3.8) is 0 Å². The molecule has 1 saturated carbocycles. The zero-order valence-electron chi connectivity index (χ0n) is 58.1.